The van der Waals surface area contributed by atoms with Crippen molar-refractivity contribution in [2.24, 2.45) is 0 Å². The molecule has 3 rings (SSSR count). The molecular formula is C14H12N4O2. The second-order valence-electron chi connectivity index (χ2n) is 4.50. The zero-order valence-electron chi connectivity index (χ0n) is 10.9. The van der Waals surface area contributed by atoms with Gasteiger partial charge in [-0.1, -0.05) is 40.2 Å². The number of aromatic nitrogens is 4. The fraction of sp³-hybridized carbons (Fsp3) is 0.143. The lowest BCUT2D eigenvalue weighted by molar-refractivity contribution is 0.111. The lowest BCUT2D eigenvalue weighted by Crippen LogP contribution is -1.98. The molecule has 0 unspecified atom stereocenters. The van der Waals surface area contributed by atoms with E-state index in [4.69, 9.17) is 4.52 Å². The van der Waals surface area contributed by atoms with Crippen molar-refractivity contribution in [1.29, 1.82) is 0 Å². The lowest BCUT2D eigenvalue weighted by Gasteiger charge is -1.95. The third-order valence-electron chi connectivity index (χ3n) is 2.90. The minimum absolute atomic E-state index is 0.295. The van der Waals surface area contributed by atoms with Crippen molar-refractivity contribution in [2.75, 3.05) is 0 Å². The fourth-order valence-corrected chi connectivity index (χ4v) is 1.85. The molecular weight excluding hydrogens is 256 g/mol. The van der Waals surface area contributed by atoms with Crippen LogP contribution in [0, 0.1) is 6.92 Å². The average molecular weight is 268 g/mol. The number of hydrogen-bond acceptors (Lipinski definition) is 5. The number of aryl methyl sites for hydroxylation is 1. The van der Waals surface area contributed by atoms with Gasteiger partial charge in [-0.25, -0.2) is 4.68 Å². The Kier molecular flexibility index (Phi) is 3.12. The first-order chi connectivity index (χ1) is 9.74. The Morgan fingerprint density at radius 2 is 2.10 bits per heavy atom. The van der Waals surface area contributed by atoms with E-state index in [0.717, 1.165) is 11.3 Å². The Bertz CT molecular complexity index is 728. The van der Waals surface area contributed by atoms with E-state index < -0.39 is 0 Å². The number of aldehydes is 1. The van der Waals surface area contributed by atoms with Crippen molar-refractivity contribution in [3.8, 4) is 11.3 Å². The van der Waals surface area contributed by atoms with Gasteiger partial charge in [-0.05, 0) is 6.92 Å². The minimum atomic E-state index is 0.295. The molecule has 0 radical (unpaired) electrons. The van der Waals surface area contributed by atoms with Crippen LogP contribution in [0.1, 0.15) is 21.8 Å². The number of rotatable bonds is 4. The van der Waals surface area contributed by atoms with Crippen LogP contribution in [0.3, 0.4) is 0 Å². The topological polar surface area (TPSA) is 73.8 Å². The second kappa shape index (κ2) is 5.08. The summed E-state index contributed by atoms with van der Waals surface area (Å²) in [6.45, 7) is 2.42. The highest BCUT2D eigenvalue weighted by Gasteiger charge is 2.08. The van der Waals surface area contributed by atoms with Crippen molar-refractivity contribution >= 4 is 6.29 Å². The Hall–Kier alpha value is -2.76. The number of nitrogens with zero attached hydrogens (tertiary/aromatic N) is 4. The fourth-order valence-electron chi connectivity index (χ4n) is 1.85. The maximum atomic E-state index is 10.5. The maximum Gasteiger partial charge on any atom is 0.171 e. The van der Waals surface area contributed by atoms with Gasteiger partial charge in [0.05, 0.1) is 6.20 Å². The van der Waals surface area contributed by atoms with Gasteiger partial charge in [0.25, 0.3) is 0 Å². The summed E-state index contributed by atoms with van der Waals surface area (Å²) >= 11 is 0. The lowest BCUT2D eigenvalue weighted by atomic mass is 10.1. The van der Waals surface area contributed by atoms with E-state index in [0.29, 0.717) is 24.3 Å². The van der Waals surface area contributed by atoms with E-state index in [9.17, 15) is 4.79 Å². The van der Waals surface area contributed by atoms with Gasteiger partial charge in [-0.3, -0.25) is 4.79 Å². The molecule has 0 spiro atoms. The first kappa shape index (κ1) is 12.3. The smallest absolute Gasteiger partial charge is 0.171 e. The molecule has 100 valence electrons. The van der Waals surface area contributed by atoms with Gasteiger partial charge in [0, 0.05) is 11.6 Å². The van der Waals surface area contributed by atoms with E-state index in [1.165, 1.54) is 10.2 Å². The molecule has 0 aliphatic carbocycles. The Labute approximate surface area is 115 Å². The molecule has 2 aromatic heterocycles. The highest BCUT2D eigenvalue weighted by Crippen LogP contribution is 2.19. The first-order valence-corrected chi connectivity index (χ1v) is 6.12. The summed E-state index contributed by atoms with van der Waals surface area (Å²) in [5.74, 6) is 0.655. The summed E-state index contributed by atoms with van der Waals surface area (Å²) in [6, 6.07) is 9.90. The predicted octanol–water partition coefficient (Wildman–Crippen LogP) is 2.10. The third kappa shape index (κ3) is 2.49. The van der Waals surface area contributed by atoms with Crippen LogP contribution in [-0.4, -0.2) is 26.4 Å². The van der Waals surface area contributed by atoms with Gasteiger partial charge in [-0.2, -0.15) is 0 Å². The quantitative estimate of drug-likeness (QED) is 0.677. The van der Waals surface area contributed by atoms with E-state index in [2.05, 4.69) is 15.5 Å². The van der Waals surface area contributed by atoms with Gasteiger partial charge in [0.1, 0.15) is 17.9 Å². The van der Waals surface area contributed by atoms with Gasteiger partial charge in [-0.15, -0.1) is 5.10 Å². The van der Waals surface area contributed by atoms with Crippen molar-refractivity contribution in [3.05, 3.63) is 53.5 Å². The summed E-state index contributed by atoms with van der Waals surface area (Å²) in [5, 5.41) is 11.5. The summed E-state index contributed by atoms with van der Waals surface area (Å²) in [7, 11) is 0. The van der Waals surface area contributed by atoms with Crippen LogP contribution in [0.4, 0.5) is 0 Å². The van der Waals surface area contributed by atoms with E-state index in [1.807, 2.05) is 37.3 Å². The minimum Gasteiger partial charge on any atom is -0.359 e. The monoisotopic (exact) mass is 268 g/mol. The normalized spacial score (nSPS) is 10.7. The molecule has 0 saturated carbocycles. The van der Waals surface area contributed by atoms with Crippen LogP contribution in [0.25, 0.3) is 11.3 Å². The molecule has 6 nitrogen and oxygen atoms in total. The molecule has 1 aromatic carbocycles. The highest BCUT2D eigenvalue weighted by molar-refractivity contribution is 5.70. The largest absolute Gasteiger partial charge is 0.359 e. The molecule has 0 bridgehead atoms. The summed E-state index contributed by atoms with van der Waals surface area (Å²) < 4.78 is 6.80. The SMILES string of the molecule is Cc1ccc(-c2cc(Cn3cc(C=O)nn3)on2)cc1. The van der Waals surface area contributed by atoms with E-state index >= 15 is 0 Å². The predicted molar refractivity (Wildman–Crippen MR) is 71.2 cm³/mol. The van der Waals surface area contributed by atoms with Gasteiger partial charge in [0.15, 0.2) is 12.0 Å². The zero-order chi connectivity index (χ0) is 13.9. The number of carbonyl (C=O) groups is 1. The number of hydrogen-bond donors (Lipinski definition) is 0. The average Bonchev–Trinajstić information content (AvgIpc) is 3.09. The van der Waals surface area contributed by atoms with Crippen LogP contribution in [-0.2, 0) is 6.54 Å². The molecule has 0 fully saturated rings. The molecule has 0 aliphatic heterocycles. The molecule has 2 heterocycles. The van der Waals surface area contributed by atoms with Crippen LogP contribution < -0.4 is 0 Å². The summed E-state index contributed by atoms with van der Waals surface area (Å²) in [4.78, 5) is 10.5. The van der Waals surface area contributed by atoms with Gasteiger partial charge < -0.3 is 4.52 Å². The molecule has 0 atom stereocenters. The highest BCUT2D eigenvalue weighted by atomic mass is 16.5. The van der Waals surface area contributed by atoms with Gasteiger partial charge >= 0.3 is 0 Å². The number of benzene rings is 1. The third-order valence-corrected chi connectivity index (χ3v) is 2.90. The Balaban J connectivity index is 1.79. The van der Waals surface area contributed by atoms with Crippen LogP contribution in [0.5, 0.6) is 0 Å². The summed E-state index contributed by atoms with van der Waals surface area (Å²) in [5.41, 5.74) is 3.26. The molecule has 0 amide bonds. The van der Waals surface area contributed by atoms with Crippen molar-refractivity contribution in [1.82, 2.24) is 20.2 Å². The van der Waals surface area contributed by atoms with Crippen molar-refractivity contribution in [2.45, 2.75) is 13.5 Å². The van der Waals surface area contributed by atoms with Gasteiger partial charge in [0.2, 0.25) is 0 Å². The maximum absolute atomic E-state index is 10.5. The Morgan fingerprint density at radius 3 is 2.80 bits per heavy atom. The van der Waals surface area contributed by atoms with Crippen molar-refractivity contribution in [3.63, 3.8) is 0 Å². The molecule has 6 heteroatoms. The van der Waals surface area contributed by atoms with E-state index in [-0.39, 0.29) is 0 Å². The van der Waals surface area contributed by atoms with Crippen LogP contribution in [0.2, 0.25) is 0 Å². The summed E-state index contributed by atoms with van der Waals surface area (Å²) in [6.07, 6.45) is 2.21. The molecule has 0 N–H and O–H groups in total. The second-order valence-corrected chi connectivity index (χ2v) is 4.50. The number of carbonyl (C=O) groups excluding carboxylic acids is 1. The molecule has 0 saturated heterocycles. The standard InChI is InChI=1S/C14H12N4O2/c1-10-2-4-11(5-3-10)14-6-13(20-16-14)8-18-7-12(9-19)15-17-18/h2-7,9H,8H2,1H3. The first-order valence-electron chi connectivity index (χ1n) is 6.12. The molecule has 0 aliphatic rings. The Morgan fingerprint density at radius 1 is 1.30 bits per heavy atom. The van der Waals surface area contributed by atoms with Crippen molar-refractivity contribution < 1.29 is 9.32 Å². The zero-order valence-corrected chi connectivity index (χ0v) is 10.9. The molecule has 20 heavy (non-hydrogen) atoms. The van der Waals surface area contributed by atoms with Crippen LogP contribution in [0.15, 0.2) is 41.1 Å². The van der Waals surface area contributed by atoms with E-state index in [1.54, 1.807) is 6.20 Å². The molecule has 3 aromatic rings. The van der Waals surface area contributed by atoms with Crippen LogP contribution >= 0.6 is 0 Å².